The largest absolute Gasteiger partial charge is 0.417 e. The van der Waals surface area contributed by atoms with E-state index in [-0.39, 0.29) is 12.2 Å². The molecule has 1 unspecified atom stereocenters. The second kappa shape index (κ2) is 8.99. The van der Waals surface area contributed by atoms with E-state index in [0.29, 0.717) is 10.4 Å². The highest BCUT2D eigenvalue weighted by Gasteiger charge is 2.36. The average Bonchev–Trinajstić information content (AvgIpc) is 2.71. The maximum Gasteiger partial charge on any atom is 0.417 e. The number of nitrogens with one attached hydrogen (secondary N) is 1. The molecule has 0 radical (unpaired) electrons. The Morgan fingerprint density at radius 1 is 1.06 bits per heavy atom. The lowest BCUT2D eigenvalue weighted by Crippen LogP contribution is -2.47. The van der Waals surface area contributed by atoms with E-state index < -0.39 is 38.7 Å². The van der Waals surface area contributed by atoms with Crippen molar-refractivity contribution >= 4 is 44.0 Å². The second-order valence-corrected chi connectivity index (χ2v) is 9.56. The van der Waals surface area contributed by atoms with E-state index in [4.69, 9.17) is 11.6 Å². The summed E-state index contributed by atoms with van der Waals surface area (Å²) in [6, 6.07) is 14.7. The number of benzene rings is 3. The van der Waals surface area contributed by atoms with Crippen LogP contribution in [0.15, 0.2) is 60.7 Å². The number of rotatable bonds is 6. The monoisotopic (exact) mass is 484 g/mol. The molecule has 0 fully saturated rings. The van der Waals surface area contributed by atoms with E-state index in [2.05, 4.69) is 5.32 Å². The highest BCUT2D eigenvalue weighted by atomic mass is 35.5. The zero-order valence-electron chi connectivity index (χ0n) is 17.2. The van der Waals surface area contributed by atoms with Crippen LogP contribution in [0.25, 0.3) is 10.8 Å². The number of nitrogens with zero attached hydrogens (tertiary/aromatic N) is 1. The standard InChI is InChI=1S/C22H20ClF3N2O3S/c1-14(21(29)27-13-15-7-8-16-5-3-4-6-17(16)11-15)28(32(2,30)31)18-9-10-20(23)19(12-18)22(24,25)26/h3-12,14H,13H2,1-2H3,(H,27,29). The van der Waals surface area contributed by atoms with Crippen LogP contribution in [0.4, 0.5) is 18.9 Å². The van der Waals surface area contributed by atoms with E-state index in [9.17, 15) is 26.4 Å². The highest BCUT2D eigenvalue weighted by molar-refractivity contribution is 7.92. The van der Waals surface area contributed by atoms with Gasteiger partial charge in [0.15, 0.2) is 0 Å². The topological polar surface area (TPSA) is 66.5 Å². The summed E-state index contributed by atoms with van der Waals surface area (Å²) in [5.41, 5.74) is -0.701. The van der Waals surface area contributed by atoms with Gasteiger partial charge in [0.05, 0.1) is 22.5 Å². The first-order valence-corrected chi connectivity index (χ1v) is 11.7. The number of alkyl halides is 3. The Balaban J connectivity index is 1.84. The molecule has 0 aliphatic rings. The Morgan fingerprint density at radius 3 is 2.34 bits per heavy atom. The van der Waals surface area contributed by atoms with Gasteiger partial charge in [-0.1, -0.05) is 48.0 Å². The molecule has 0 aromatic heterocycles. The van der Waals surface area contributed by atoms with Crippen molar-refractivity contribution in [2.75, 3.05) is 10.6 Å². The molecule has 1 atom stereocenters. The number of hydrogen-bond donors (Lipinski definition) is 1. The van der Waals surface area contributed by atoms with Crippen LogP contribution in [0.3, 0.4) is 0 Å². The van der Waals surface area contributed by atoms with Gasteiger partial charge in [0.25, 0.3) is 0 Å². The molecule has 5 nitrogen and oxygen atoms in total. The quantitative estimate of drug-likeness (QED) is 0.536. The molecule has 0 heterocycles. The van der Waals surface area contributed by atoms with Gasteiger partial charge in [-0.05, 0) is 47.5 Å². The van der Waals surface area contributed by atoms with E-state index in [1.165, 1.54) is 6.92 Å². The Kier molecular flexibility index (Phi) is 6.71. The molecule has 0 spiro atoms. The third kappa shape index (κ3) is 5.34. The van der Waals surface area contributed by atoms with Gasteiger partial charge >= 0.3 is 6.18 Å². The molecule has 1 N–H and O–H groups in total. The first kappa shape index (κ1) is 23.9. The van der Waals surface area contributed by atoms with Crippen LogP contribution in [0.1, 0.15) is 18.1 Å². The second-order valence-electron chi connectivity index (χ2n) is 7.30. The minimum atomic E-state index is -4.78. The Morgan fingerprint density at radius 2 is 1.72 bits per heavy atom. The molecule has 3 aromatic rings. The summed E-state index contributed by atoms with van der Waals surface area (Å²) in [6.07, 6.45) is -3.96. The van der Waals surface area contributed by atoms with E-state index in [1.807, 2.05) is 42.5 Å². The normalized spacial score (nSPS) is 13.1. The first-order valence-electron chi connectivity index (χ1n) is 9.49. The summed E-state index contributed by atoms with van der Waals surface area (Å²) in [5.74, 6) is -0.660. The number of anilines is 1. The van der Waals surface area contributed by atoms with Crippen molar-refractivity contribution in [3.63, 3.8) is 0 Å². The molecule has 3 aromatic carbocycles. The molecular formula is C22H20ClF3N2O3S. The van der Waals surface area contributed by atoms with Crippen molar-refractivity contribution in [1.82, 2.24) is 5.32 Å². The molecule has 170 valence electrons. The summed E-state index contributed by atoms with van der Waals surface area (Å²) in [5, 5.41) is 4.09. The van der Waals surface area contributed by atoms with Crippen LogP contribution in [0.2, 0.25) is 5.02 Å². The van der Waals surface area contributed by atoms with Crippen LogP contribution in [-0.2, 0) is 27.5 Å². The molecule has 0 aliphatic carbocycles. The van der Waals surface area contributed by atoms with Gasteiger partial charge in [0.1, 0.15) is 6.04 Å². The smallest absolute Gasteiger partial charge is 0.350 e. The van der Waals surface area contributed by atoms with Crippen molar-refractivity contribution < 1.29 is 26.4 Å². The maximum absolute atomic E-state index is 13.2. The molecule has 32 heavy (non-hydrogen) atoms. The molecule has 10 heteroatoms. The van der Waals surface area contributed by atoms with Gasteiger partial charge in [-0.15, -0.1) is 0 Å². The summed E-state index contributed by atoms with van der Waals surface area (Å²) in [6.45, 7) is 1.43. The number of carbonyl (C=O) groups excluding carboxylic acids is 1. The van der Waals surface area contributed by atoms with Gasteiger partial charge in [0, 0.05) is 6.54 Å². The van der Waals surface area contributed by atoms with Gasteiger partial charge in [-0.2, -0.15) is 13.2 Å². The van der Waals surface area contributed by atoms with Crippen molar-refractivity contribution in [2.24, 2.45) is 0 Å². The maximum atomic E-state index is 13.2. The van der Waals surface area contributed by atoms with Gasteiger partial charge < -0.3 is 5.32 Å². The molecule has 0 saturated carbocycles. The number of fused-ring (bicyclic) bond motifs is 1. The number of hydrogen-bond acceptors (Lipinski definition) is 3. The summed E-state index contributed by atoms with van der Waals surface area (Å²) in [4.78, 5) is 12.7. The van der Waals surface area contributed by atoms with Crippen molar-refractivity contribution in [3.8, 4) is 0 Å². The fraction of sp³-hybridized carbons (Fsp3) is 0.227. The molecule has 1 amide bonds. The minimum absolute atomic E-state index is 0.125. The van der Waals surface area contributed by atoms with Gasteiger partial charge in [-0.3, -0.25) is 9.10 Å². The van der Waals surface area contributed by atoms with Gasteiger partial charge in [0.2, 0.25) is 15.9 Å². The lowest BCUT2D eigenvalue weighted by Gasteiger charge is -2.29. The summed E-state index contributed by atoms with van der Waals surface area (Å²) in [7, 11) is -4.09. The lowest BCUT2D eigenvalue weighted by molar-refractivity contribution is -0.137. The SMILES string of the molecule is CC(C(=O)NCc1ccc2ccccc2c1)N(c1ccc(Cl)c(C(F)(F)F)c1)S(C)(=O)=O. The third-order valence-corrected chi connectivity index (χ3v) is 6.45. The summed E-state index contributed by atoms with van der Waals surface area (Å²) >= 11 is 5.63. The number of halogens is 4. The van der Waals surface area contributed by atoms with Crippen LogP contribution in [-0.4, -0.2) is 26.6 Å². The molecule has 0 bridgehead atoms. The Bertz CT molecular complexity index is 1260. The van der Waals surface area contributed by atoms with Crippen molar-refractivity contribution in [2.45, 2.75) is 25.7 Å². The fourth-order valence-electron chi connectivity index (χ4n) is 3.36. The Hall–Kier alpha value is -2.78. The molecular weight excluding hydrogens is 465 g/mol. The summed E-state index contributed by atoms with van der Waals surface area (Å²) < 4.78 is 65.1. The van der Waals surface area contributed by atoms with E-state index in [0.717, 1.165) is 34.7 Å². The highest BCUT2D eigenvalue weighted by Crippen LogP contribution is 2.37. The molecule has 3 rings (SSSR count). The van der Waals surface area contributed by atoms with E-state index in [1.54, 1.807) is 0 Å². The molecule has 0 saturated heterocycles. The fourth-order valence-corrected chi connectivity index (χ4v) is 4.75. The van der Waals surface area contributed by atoms with E-state index >= 15 is 0 Å². The van der Waals surface area contributed by atoms with Crippen LogP contribution >= 0.6 is 11.6 Å². The average molecular weight is 485 g/mol. The van der Waals surface area contributed by atoms with Crippen LogP contribution < -0.4 is 9.62 Å². The third-order valence-electron chi connectivity index (χ3n) is 4.88. The number of sulfonamides is 1. The Labute approximate surface area is 188 Å². The van der Waals surface area contributed by atoms with Crippen molar-refractivity contribution in [3.05, 3.63) is 76.8 Å². The lowest BCUT2D eigenvalue weighted by atomic mass is 10.1. The first-order chi connectivity index (χ1) is 14.9. The van der Waals surface area contributed by atoms with Crippen LogP contribution in [0, 0.1) is 0 Å². The zero-order chi connectivity index (χ0) is 23.7. The minimum Gasteiger partial charge on any atom is -0.350 e. The predicted molar refractivity (Wildman–Crippen MR) is 119 cm³/mol. The zero-order valence-corrected chi connectivity index (χ0v) is 18.7. The van der Waals surface area contributed by atoms with Gasteiger partial charge in [-0.25, -0.2) is 8.42 Å². The predicted octanol–water partition coefficient (Wildman–Crippen LogP) is 4.98. The molecule has 0 aliphatic heterocycles. The van der Waals surface area contributed by atoms with Crippen molar-refractivity contribution in [1.29, 1.82) is 0 Å². The number of amides is 1. The number of carbonyl (C=O) groups is 1. The van der Waals surface area contributed by atoms with Crippen LogP contribution in [0.5, 0.6) is 0 Å².